The Morgan fingerprint density at radius 1 is 1.00 bits per heavy atom. The summed E-state index contributed by atoms with van der Waals surface area (Å²) in [5.74, 6) is -0.239. The van der Waals surface area contributed by atoms with Crippen LogP contribution in [0.4, 0.5) is 11.4 Å². The topological polar surface area (TPSA) is 86.8 Å². The summed E-state index contributed by atoms with van der Waals surface area (Å²) in [5.41, 5.74) is 2.53. The van der Waals surface area contributed by atoms with Gasteiger partial charge in [0.25, 0.3) is 15.9 Å². The normalized spacial score (nSPS) is 13.7. The van der Waals surface area contributed by atoms with Crippen molar-refractivity contribution < 1.29 is 18.0 Å². The van der Waals surface area contributed by atoms with Crippen molar-refractivity contribution in [3.8, 4) is 0 Å². The molecule has 1 fully saturated rings. The van der Waals surface area contributed by atoms with Gasteiger partial charge in [0.15, 0.2) is 0 Å². The zero-order valence-corrected chi connectivity index (χ0v) is 19.1. The van der Waals surface area contributed by atoms with Crippen LogP contribution in [-0.2, 0) is 21.4 Å². The number of rotatable bonds is 7. The second-order valence-corrected chi connectivity index (χ2v) is 9.80. The Labute approximate surface area is 193 Å². The van der Waals surface area contributed by atoms with Crippen molar-refractivity contribution in [3.05, 3.63) is 90.0 Å². The number of carbonyl (C=O) groups is 2. The van der Waals surface area contributed by atoms with Gasteiger partial charge in [0, 0.05) is 37.8 Å². The first-order chi connectivity index (χ1) is 15.9. The number of carbonyl (C=O) groups excluding carboxylic acids is 2. The molecule has 0 spiro atoms. The number of amides is 2. The Kier molecular flexibility index (Phi) is 6.46. The number of benzene rings is 3. The second-order valence-electron chi connectivity index (χ2n) is 7.83. The molecule has 2 amide bonds. The maximum absolute atomic E-state index is 13.0. The molecule has 0 saturated carbocycles. The van der Waals surface area contributed by atoms with E-state index in [9.17, 15) is 18.0 Å². The molecule has 3 aromatic rings. The van der Waals surface area contributed by atoms with Crippen LogP contribution in [-0.4, -0.2) is 33.8 Å². The van der Waals surface area contributed by atoms with E-state index in [0.29, 0.717) is 12.1 Å². The zero-order valence-electron chi connectivity index (χ0n) is 18.3. The molecule has 33 heavy (non-hydrogen) atoms. The summed E-state index contributed by atoms with van der Waals surface area (Å²) >= 11 is 0. The molecule has 3 aromatic carbocycles. The number of para-hydroxylation sites is 1. The van der Waals surface area contributed by atoms with Crippen LogP contribution in [0.25, 0.3) is 0 Å². The molecule has 1 heterocycles. The average Bonchev–Trinajstić information content (AvgIpc) is 3.28. The summed E-state index contributed by atoms with van der Waals surface area (Å²) in [6.07, 6.45) is 1.44. The molecule has 0 atom stereocenters. The van der Waals surface area contributed by atoms with E-state index >= 15 is 0 Å². The van der Waals surface area contributed by atoms with Gasteiger partial charge in [-0.3, -0.25) is 13.9 Å². The Balaban J connectivity index is 1.43. The van der Waals surface area contributed by atoms with Crippen LogP contribution in [0.3, 0.4) is 0 Å². The summed E-state index contributed by atoms with van der Waals surface area (Å²) < 4.78 is 27.2. The van der Waals surface area contributed by atoms with E-state index < -0.39 is 10.0 Å². The highest BCUT2D eigenvalue weighted by Gasteiger charge is 2.23. The SMILES string of the molecule is CN(c1ccccc1)S(=O)(=O)c1cccc(C(=O)NCc2ccc(N3CCCC3=O)cc2)c1. The minimum Gasteiger partial charge on any atom is -0.348 e. The van der Waals surface area contributed by atoms with Crippen molar-refractivity contribution >= 4 is 33.2 Å². The molecule has 170 valence electrons. The number of nitrogens with one attached hydrogen (secondary N) is 1. The minimum absolute atomic E-state index is 0.0427. The maximum Gasteiger partial charge on any atom is 0.264 e. The molecule has 0 bridgehead atoms. The van der Waals surface area contributed by atoms with Gasteiger partial charge in [-0.25, -0.2) is 8.42 Å². The van der Waals surface area contributed by atoms with Gasteiger partial charge in [-0.15, -0.1) is 0 Å². The maximum atomic E-state index is 13.0. The summed E-state index contributed by atoms with van der Waals surface area (Å²) in [4.78, 5) is 26.4. The molecule has 1 N–H and O–H groups in total. The summed E-state index contributed by atoms with van der Waals surface area (Å²) in [5, 5.41) is 2.82. The van der Waals surface area contributed by atoms with Crippen LogP contribution >= 0.6 is 0 Å². The van der Waals surface area contributed by atoms with Crippen LogP contribution < -0.4 is 14.5 Å². The molecular formula is C25H25N3O4S. The molecule has 0 radical (unpaired) electrons. The molecule has 7 nitrogen and oxygen atoms in total. The molecule has 1 saturated heterocycles. The van der Waals surface area contributed by atoms with E-state index in [0.717, 1.165) is 24.2 Å². The Bertz CT molecular complexity index is 1260. The predicted molar refractivity (Wildman–Crippen MR) is 128 cm³/mol. The third-order valence-corrected chi connectivity index (χ3v) is 7.43. The highest BCUT2D eigenvalue weighted by Crippen LogP contribution is 2.23. The molecule has 1 aliphatic rings. The first kappa shape index (κ1) is 22.5. The largest absolute Gasteiger partial charge is 0.348 e. The number of anilines is 2. The van der Waals surface area contributed by atoms with Gasteiger partial charge in [-0.2, -0.15) is 0 Å². The number of sulfonamides is 1. The van der Waals surface area contributed by atoms with Crippen LogP contribution in [0, 0.1) is 0 Å². The lowest BCUT2D eigenvalue weighted by Gasteiger charge is -2.19. The van der Waals surface area contributed by atoms with Crippen LogP contribution in [0.5, 0.6) is 0 Å². The van der Waals surface area contributed by atoms with Crippen LogP contribution in [0.15, 0.2) is 83.8 Å². The van der Waals surface area contributed by atoms with Crippen LogP contribution in [0.2, 0.25) is 0 Å². The van der Waals surface area contributed by atoms with E-state index in [-0.39, 0.29) is 28.8 Å². The summed E-state index contributed by atoms with van der Waals surface area (Å²) in [7, 11) is -2.33. The van der Waals surface area contributed by atoms with E-state index in [1.807, 2.05) is 30.3 Å². The Hall–Kier alpha value is -3.65. The molecular weight excluding hydrogens is 438 g/mol. The summed E-state index contributed by atoms with van der Waals surface area (Å²) in [6, 6.07) is 22.2. The molecule has 0 unspecified atom stereocenters. The average molecular weight is 464 g/mol. The van der Waals surface area contributed by atoms with Crippen molar-refractivity contribution in [3.63, 3.8) is 0 Å². The van der Waals surface area contributed by atoms with Crippen LogP contribution in [0.1, 0.15) is 28.8 Å². The van der Waals surface area contributed by atoms with Gasteiger partial charge in [0.2, 0.25) is 5.91 Å². The van der Waals surface area contributed by atoms with E-state index in [1.54, 1.807) is 41.3 Å². The van der Waals surface area contributed by atoms with Crippen molar-refractivity contribution in [2.45, 2.75) is 24.3 Å². The quantitative estimate of drug-likeness (QED) is 0.580. The molecule has 8 heteroatoms. The van der Waals surface area contributed by atoms with Gasteiger partial charge >= 0.3 is 0 Å². The predicted octanol–water partition coefficient (Wildman–Crippen LogP) is 3.57. The van der Waals surface area contributed by atoms with E-state index in [2.05, 4.69) is 5.32 Å². The van der Waals surface area contributed by atoms with Crippen molar-refractivity contribution in [1.29, 1.82) is 0 Å². The van der Waals surface area contributed by atoms with Gasteiger partial charge in [0.05, 0.1) is 10.6 Å². The van der Waals surface area contributed by atoms with Gasteiger partial charge in [-0.05, 0) is 54.4 Å². The number of nitrogens with zero attached hydrogens (tertiary/aromatic N) is 2. The molecule has 0 aliphatic carbocycles. The summed E-state index contributed by atoms with van der Waals surface area (Å²) in [6.45, 7) is 1.02. The van der Waals surface area contributed by atoms with E-state index in [4.69, 9.17) is 0 Å². The smallest absolute Gasteiger partial charge is 0.264 e. The highest BCUT2D eigenvalue weighted by molar-refractivity contribution is 7.92. The standard InChI is InChI=1S/C25H25N3O4S/c1-27(21-8-3-2-4-9-21)33(31,32)23-10-5-7-20(17-23)25(30)26-18-19-12-14-22(15-13-19)28-16-6-11-24(28)29/h2-5,7-10,12-15,17H,6,11,16,18H2,1H3,(H,26,30). The third-order valence-electron chi connectivity index (χ3n) is 5.65. The first-order valence-corrected chi connectivity index (χ1v) is 12.1. The molecule has 0 aromatic heterocycles. The van der Waals surface area contributed by atoms with Gasteiger partial charge in [-0.1, -0.05) is 36.4 Å². The lowest BCUT2D eigenvalue weighted by molar-refractivity contribution is -0.117. The lowest BCUT2D eigenvalue weighted by atomic mass is 10.1. The lowest BCUT2D eigenvalue weighted by Crippen LogP contribution is -2.27. The van der Waals surface area contributed by atoms with Gasteiger partial charge in [0.1, 0.15) is 0 Å². The van der Waals surface area contributed by atoms with Crippen molar-refractivity contribution in [2.24, 2.45) is 0 Å². The molecule has 1 aliphatic heterocycles. The van der Waals surface area contributed by atoms with Crippen molar-refractivity contribution in [1.82, 2.24) is 5.32 Å². The fraction of sp³-hybridized carbons (Fsp3) is 0.200. The zero-order chi connectivity index (χ0) is 23.4. The third kappa shape index (κ3) is 4.90. The highest BCUT2D eigenvalue weighted by atomic mass is 32.2. The fourth-order valence-corrected chi connectivity index (χ4v) is 4.97. The van der Waals surface area contributed by atoms with E-state index in [1.165, 1.54) is 23.5 Å². The van der Waals surface area contributed by atoms with Gasteiger partial charge < -0.3 is 10.2 Å². The Morgan fingerprint density at radius 3 is 2.39 bits per heavy atom. The number of hydrogen-bond acceptors (Lipinski definition) is 4. The monoisotopic (exact) mass is 463 g/mol. The Morgan fingerprint density at radius 2 is 1.73 bits per heavy atom. The first-order valence-electron chi connectivity index (χ1n) is 10.7. The van der Waals surface area contributed by atoms with Crippen molar-refractivity contribution in [2.75, 3.05) is 22.8 Å². The molecule has 4 rings (SSSR count). The fourth-order valence-electron chi connectivity index (χ4n) is 3.73. The number of hydrogen-bond donors (Lipinski definition) is 1. The second kappa shape index (κ2) is 9.46. The minimum atomic E-state index is -3.81.